The number of hydrogen-bond acceptors (Lipinski definition) is 5. The van der Waals surface area contributed by atoms with Crippen LogP contribution in [0.15, 0.2) is 0 Å². The molecule has 0 aliphatic carbocycles. The molecule has 0 spiro atoms. The molecule has 0 saturated carbocycles. The molecule has 12 heteroatoms. The van der Waals surface area contributed by atoms with E-state index in [1.807, 2.05) is 0 Å². The lowest BCUT2D eigenvalue weighted by molar-refractivity contribution is -0.0701. The number of aliphatic hydroxyl groups is 2. The van der Waals surface area contributed by atoms with E-state index in [9.17, 15) is 22.4 Å². The molecule has 3 N–H and O–H groups in total. The molecule has 1 aromatic rings. The molecule has 1 heterocycles. The van der Waals surface area contributed by atoms with Gasteiger partial charge in [0.2, 0.25) is 0 Å². The second-order valence-corrected chi connectivity index (χ2v) is 7.17. The number of aromatic nitrogens is 2. The third-order valence-electron chi connectivity index (χ3n) is 3.50. The van der Waals surface area contributed by atoms with E-state index in [2.05, 4.69) is 42.1 Å². The number of nitrogens with one attached hydrogen (secondary N) is 1. The second-order valence-electron chi connectivity index (χ2n) is 5.44. The van der Waals surface area contributed by atoms with Crippen molar-refractivity contribution in [2.75, 3.05) is 6.61 Å². The molecule has 2 unspecified atom stereocenters. The van der Waals surface area contributed by atoms with Gasteiger partial charge < -0.3 is 14.9 Å². The van der Waals surface area contributed by atoms with Gasteiger partial charge in [-0.1, -0.05) is 31.9 Å². The lowest BCUT2D eigenvalue weighted by Crippen LogP contribution is -2.29. The number of aryl methyl sites for hydroxylation is 2. The Morgan fingerprint density at radius 1 is 1.15 bits per heavy atom. The van der Waals surface area contributed by atoms with Crippen molar-refractivity contribution in [3.8, 4) is 0 Å². The first kappa shape index (κ1) is 23.3. The fraction of sp³-hybridized carbons (Fsp3) is 0.714. The Labute approximate surface area is 163 Å². The van der Waals surface area contributed by atoms with Crippen LogP contribution in [0, 0.1) is 0 Å². The minimum atomic E-state index is -3.47. The van der Waals surface area contributed by atoms with Crippen LogP contribution in [-0.4, -0.2) is 54.9 Å². The van der Waals surface area contributed by atoms with Crippen molar-refractivity contribution in [1.29, 1.82) is 0 Å². The average Bonchev–Trinajstić information content (AvgIpc) is 2.94. The third kappa shape index (κ3) is 6.17. The van der Waals surface area contributed by atoms with E-state index in [4.69, 9.17) is 14.9 Å². The Balaban J connectivity index is 3.02. The molecule has 0 aliphatic heterocycles. The largest absolute Gasteiger partial charge is 0.462 e. The van der Waals surface area contributed by atoms with E-state index >= 15 is 0 Å². The molecule has 1 aromatic heterocycles. The van der Waals surface area contributed by atoms with Gasteiger partial charge >= 0.3 is 5.97 Å². The topological polar surface area (TPSA) is 95.4 Å². The number of rotatable bonds is 10. The van der Waals surface area contributed by atoms with Gasteiger partial charge in [-0.3, -0.25) is 5.10 Å². The van der Waals surface area contributed by atoms with Gasteiger partial charge in [0, 0.05) is 12.8 Å². The lowest BCUT2D eigenvalue weighted by Gasteiger charge is -2.18. The molecule has 0 aliphatic rings. The van der Waals surface area contributed by atoms with Crippen LogP contribution in [0.3, 0.4) is 0 Å². The molecule has 0 radical (unpaired) electrons. The number of halogens is 6. The summed E-state index contributed by atoms with van der Waals surface area (Å²) in [5, 5.41) is 20.0. The number of hydrogen-bond donors (Lipinski definition) is 3. The molecule has 0 aromatic carbocycles. The fourth-order valence-corrected chi connectivity index (χ4v) is 2.50. The predicted molar refractivity (Wildman–Crippen MR) is 90.9 cm³/mol. The molecule has 0 bridgehead atoms. The van der Waals surface area contributed by atoms with Gasteiger partial charge in [-0.2, -0.15) is 5.10 Å². The van der Waals surface area contributed by atoms with E-state index in [1.54, 1.807) is 0 Å². The first-order valence-electron chi connectivity index (χ1n) is 7.55. The molecule has 150 valence electrons. The summed E-state index contributed by atoms with van der Waals surface area (Å²) in [5.74, 6) is -7.82. The summed E-state index contributed by atoms with van der Waals surface area (Å²) in [5.41, 5.74) is -0.269. The maximum Gasteiger partial charge on any atom is 0.341 e. The maximum absolute atomic E-state index is 13.5. The Hall–Kier alpha value is -0.720. The molecule has 1 rings (SSSR count). The number of aromatic amines is 1. The number of nitrogens with zero attached hydrogens (tertiary/aromatic N) is 1. The zero-order chi connectivity index (χ0) is 20.1. The van der Waals surface area contributed by atoms with Crippen molar-refractivity contribution in [2.24, 2.45) is 0 Å². The first-order valence-corrected chi connectivity index (χ1v) is 9.38. The molecule has 26 heavy (non-hydrogen) atoms. The van der Waals surface area contributed by atoms with E-state index in [-0.39, 0.29) is 30.0 Å². The summed E-state index contributed by atoms with van der Waals surface area (Å²) in [4.78, 5) is 12.1. The normalized spacial score (nSPS) is 15.0. The van der Waals surface area contributed by atoms with Crippen LogP contribution in [0.4, 0.5) is 17.6 Å². The van der Waals surface area contributed by atoms with Crippen molar-refractivity contribution in [3.05, 3.63) is 17.0 Å². The van der Waals surface area contributed by atoms with Crippen molar-refractivity contribution in [1.82, 2.24) is 10.2 Å². The SMILES string of the molecule is CCOC(=O)c1c(CCC(F)(F)C(O)Br)n[nH]c1CCC(F)(F)C(O)Br. The van der Waals surface area contributed by atoms with Crippen molar-refractivity contribution >= 4 is 37.8 Å². The van der Waals surface area contributed by atoms with E-state index < -0.39 is 47.1 Å². The van der Waals surface area contributed by atoms with Crippen molar-refractivity contribution in [2.45, 2.75) is 54.5 Å². The summed E-state index contributed by atoms with van der Waals surface area (Å²) in [6, 6.07) is 0. The van der Waals surface area contributed by atoms with Gasteiger partial charge in [-0.05, 0) is 19.8 Å². The number of alkyl halides is 6. The van der Waals surface area contributed by atoms with E-state index in [0.29, 0.717) is 0 Å². The molecular weight excluding hydrogens is 496 g/mol. The Kier molecular flexibility index (Phi) is 8.49. The van der Waals surface area contributed by atoms with Crippen LogP contribution in [-0.2, 0) is 17.6 Å². The van der Waals surface area contributed by atoms with E-state index in [1.165, 1.54) is 6.92 Å². The van der Waals surface area contributed by atoms with Gasteiger partial charge in [-0.15, -0.1) is 0 Å². The minimum Gasteiger partial charge on any atom is -0.462 e. The van der Waals surface area contributed by atoms with Crippen LogP contribution < -0.4 is 0 Å². The number of aliphatic hydroxyl groups excluding tert-OH is 2. The standard InChI is InChI=1S/C14H18Br2F4N2O4/c1-2-26-10(23)9-7(3-5-13(17,18)11(15)24)21-22-8(9)4-6-14(19,20)12(16)25/h11-12,24-25H,2-6H2,1H3,(H,21,22). The molecule has 6 nitrogen and oxygen atoms in total. The highest BCUT2D eigenvalue weighted by molar-refractivity contribution is 9.09. The van der Waals surface area contributed by atoms with Crippen molar-refractivity contribution < 1.29 is 37.3 Å². The van der Waals surface area contributed by atoms with Crippen LogP contribution in [0.5, 0.6) is 0 Å². The van der Waals surface area contributed by atoms with Gasteiger partial charge in [-0.25, -0.2) is 22.4 Å². The monoisotopic (exact) mass is 512 g/mol. The maximum atomic E-state index is 13.5. The number of H-pyrrole nitrogens is 1. The van der Waals surface area contributed by atoms with Crippen LogP contribution >= 0.6 is 31.9 Å². The molecule has 0 saturated heterocycles. The van der Waals surface area contributed by atoms with Gasteiger partial charge in [0.1, 0.15) is 5.56 Å². The zero-order valence-electron chi connectivity index (χ0n) is 13.6. The van der Waals surface area contributed by atoms with Crippen LogP contribution in [0.25, 0.3) is 0 Å². The average molecular weight is 514 g/mol. The van der Waals surface area contributed by atoms with E-state index in [0.717, 1.165) is 0 Å². The summed E-state index contributed by atoms with van der Waals surface area (Å²) >= 11 is 4.77. The zero-order valence-corrected chi connectivity index (χ0v) is 16.8. The molecule has 0 amide bonds. The highest BCUT2D eigenvalue weighted by Gasteiger charge is 2.38. The summed E-state index contributed by atoms with van der Waals surface area (Å²) in [6.07, 6.45) is -2.40. The van der Waals surface area contributed by atoms with Gasteiger partial charge in [0.25, 0.3) is 11.8 Å². The summed E-state index contributed by atoms with van der Waals surface area (Å²) < 4.78 is 59.0. The number of carbonyl (C=O) groups is 1. The fourth-order valence-electron chi connectivity index (χ4n) is 2.04. The third-order valence-corrected chi connectivity index (χ3v) is 4.84. The highest BCUT2D eigenvalue weighted by Crippen LogP contribution is 2.31. The molecule has 0 fully saturated rings. The number of esters is 1. The Bertz CT molecular complexity index is 570. The Morgan fingerprint density at radius 3 is 2.12 bits per heavy atom. The molecule has 2 atom stereocenters. The number of carbonyl (C=O) groups excluding carboxylic acids is 1. The summed E-state index contributed by atoms with van der Waals surface area (Å²) in [7, 11) is 0. The Morgan fingerprint density at radius 2 is 1.65 bits per heavy atom. The second kappa shape index (κ2) is 9.47. The minimum absolute atomic E-state index is 0.00452. The summed E-state index contributed by atoms with van der Waals surface area (Å²) in [6.45, 7) is 1.53. The predicted octanol–water partition coefficient (Wildman–Crippen LogP) is 3.15. The number of ether oxygens (including phenoxy) is 1. The first-order chi connectivity index (χ1) is 11.9. The van der Waals surface area contributed by atoms with Crippen molar-refractivity contribution in [3.63, 3.8) is 0 Å². The highest BCUT2D eigenvalue weighted by atomic mass is 79.9. The van der Waals surface area contributed by atoms with Crippen LogP contribution in [0.1, 0.15) is 41.5 Å². The smallest absolute Gasteiger partial charge is 0.341 e. The molecular formula is C14H18Br2F4N2O4. The van der Waals surface area contributed by atoms with Gasteiger partial charge in [0.15, 0.2) is 10.0 Å². The lowest BCUT2D eigenvalue weighted by atomic mass is 10.0. The van der Waals surface area contributed by atoms with Gasteiger partial charge in [0.05, 0.1) is 18.0 Å². The quantitative estimate of drug-likeness (QED) is 0.254. The van der Waals surface area contributed by atoms with Crippen LogP contribution in [0.2, 0.25) is 0 Å².